The van der Waals surface area contributed by atoms with Gasteiger partial charge in [-0.1, -0.05) is 33.3 Å². The molecular formula is C20H17BrFN3O3. The zero-order valence-electron chi connectivity index (χ0n) is 15.2. The second kappa shape index (κ2) is 8.79. The fraction of sp³-hybridized carbons (Fsp3) is 0.150. The summed E-state index contributed by atoms with van der Waals surface area (Å²) in [5.74, 6) is 0.659. The molecule has 0 bridgehead atoms. The molecule has 144 valence electrons. The third-order valence-electron chi connectivity index (χ3n) is 3.73. The van der Waals surface area contributed by atoms with Crippen LogP contribution in [0.1, 0.15) is 18.2 Å². The molecule has 0 radical (unpaired) electrons. The molecule has 0 fully saturated rings. The van der Waals surface area contributed by atoms with Gasteiger partial charge in [0, 0.05) is 4.47 Å². The van der Waals surface area contributed by atoms with Crippen LogP contribution in [0.3, 0.4) is 0 Å². The number of aromatic nitrogens is 3. The standard InChI is InChI=1S/C20H17BrFN3O3/c1-13(26)3-4-14-5-6-19(20(7-14)27-2)28-12-17-11-25(24-23-17)18-9-15(21)8-16(22)10-18/h3-11H,12H2,1-2H3/b4-3+. The van der Waals surface area contributed by atoms with E-state index >= 15 is 0 Å². The van der Waals surface area contributed by atoms with Crippen molar-refractivity contribution >= 4 is 27.8 Å². The number of rotatable bonds is 7. The average molecular weight is 446 g/mol. The van der Waals surface area contributed by atoms with Gasteiger partial charge in [0.25, 0.3) is 0 Å². The van der Waals surface area contributed by atoms with Crippen LogP contribution in [-0.2, 0) is 11.4 Å². The number of halogens is 2. The summed E-state index contributed by atoms with van der Waals surface area (Å²) in [5, 5.41) is 8.05. The van der Waals surface area contributed by atoms with E-state index in [0.29, 0.717) is 27.4 Å². The third-order valence-corrected chi connectivity index (χ3v) is 4.18. The Labute approximate surface area is 169 Å². The number of ether oxygens (including phenoxy) is 2. The van der Waals surface area contributed by atoms with Gasteiger partial charge in [0.1, 0.15) is 18.1 Å². The maximum Gasteiger partial charge on any atom is 0.161 e. The van der Waals surface area contributed by atoms with Gasteiger partial charge in [-0.15, -0.1) is 5.10 Å². The van der Waals surface area contributed by atoms with E-state index in [1.807, 2.05) is 6.07 Å². The fourth-order valence-corrected chi connectivity index (χ4v) is 2.89. The summed E-state index contributed by atoms with van der Waals surface area (Å²) >= 11 is 3.26. The third kappa shape index (κ3) is 5.04. The molecular weight excluding hydrogens is 429 g/mol. The molecule has 1 heterocycles. The lowest BCUT2D eigenvalue weighted by Gasteiger charge is -2.10. The van der Waals surface area contributed by atoms with Crippen LogP contribution in [0.2, 0.25) is 0 Å². The first-order valence-electron chi connectivity index (χ1n) is 8.32. The maximum absolute atomic E-state index is 13.6. The SMILES string of the molecule is COc1cc(/C=C/C(C)=O)ccc1OCc1cn(-c2cc(F)cc(Br)c2)nn1. The largest absolute Gasteiger partial charge is 0.493 e. The molecule has 0 spiro atoms. The molecule has 6 nitrogen and oxygen atoms in total. The second-order valence-electron chi connectivity index (χ2n) is 5.93. The van der Waals surface area contributed by atoms with Crippen LogP contribution in [0, 0.1) is 5.82 Å². The lowest BCUT2D eigenvalue weighted by atomic mass is 10.1. The first-order chi connectivity index (χ1) is 13.4. The molecule has 0 saturated heterocycles. The van der Waals surface area contributed by atoms with Crippen molar-refractivity contribution in [2.75, 3.05) is 7.11 Å². The van der Waals surface area contributed by atoms with E-state index in [-0.39, 0.29) is 18.2 Å². The molecule has 0 N–H and O–H groups in total. The Bertz CT molecular complexity index is 1010. The highest BCUT2D eigenvalue weighted by Crippen LogP contribution is 2.29. The highest BCUT2D eigenvalue weighted by Gasteiger charge is 2.09. The Balaban J connectivity index is 1.72. The van der Waals surface area contributed by atoms with E-state index in [2.05, 4.69) is 26.2 Å². The average Bonchev–Trinajstić information content (AvgIpc) is 3.13. The highest BCUT2D eigenvalue weighted by atomic mass is 79.9. The monoisotopic (exact) mass is 445 g/mol. The Morgan fingerprint density at radius 1 is 1.25 bits per heavy atom. The Morgan fingerprint density at radius 3 is 2.79 bits per heavy atom. The molecule has 0 unspecified atom stereocenters. The van der Waals surface area contributed by atoms with Gasteiger partial charge in [-0.2, -0.15) is 0 Å². The van der Waals surface area contributed by atoms with Crippen LogP contribution in [0.4, 0.5) is 4.39 Å². The molecule has 0 aliphatic carbocycles. The van der Waals surface area contributed by atoms with Crippen molar-refractivity contribution in [2.24, 2.45) is 0 Å². The van der Waals surface area contributed by atoms with Gasteiger partial charge in [-0.3, -0.25) is 4.79 Å². The second-order valence-corrected chi connectivity index (χ2v) is 6.84. The fourth-order valence-electron chi connectivity index (χ4n) is 2.43. The molecule has 2 aromatic carbocycles. The van der Waals surface area contributed by atoms with Gasteiger partial charge in [0.2, 0.25) is 0 Å². The van der Waals surface area contributed by atoms with Crippen molar-refractivity contribution in [3.8, 4) is 17.2 Å². The van der Waals surface area contributed by atoms with Gasteiger partial charge in [-0.25, -0.2) is 9.07 Å². The van der Waals surface area contributed by atoms with E-state index in [4.69, 9.17) is 9.47 Å². The number of ketones is 1. The van der Waals surface area contributed by atoms with Gasteiger partial charge in [0.15, 0.2) is 17.3 Å². The predicted molar refractivity (Wildman–Crippen MR) is 106 cm³/mol. The van der Waals surface area contributed by atoms with Gasteiger partial charge in [0.05, 0.1) is 19.0 Å². The van der Waals surface area contributed by atoms with Gasteiger partial charge >= 0.3 is 0 Å². The van der Waals surface area contributed by atoms with Crippen molar-refractivity contribution in [1.29, 1.82) is 0 Å². The number of benzene rings is 2. The number of hydrogen-bond acceptors (Lipinski definition) is 5. The molecule has 0 saturated carbocycles. The van der Waals surface area contributed by atoms with Crippen LogP contribution in [0.5, 0.6) is 11.5 Å². The lowest BCUT2D eigenvalue weighted by Crippen LogP contribution is -1.98. The molecule has 0 aliphatic rings. The minimum atomic E-state index is -0.374. The number of nitrogens with zero attached hydrogens (tertiary/aromatic N) is 3. The smallest absolute Gasteiger partial charge is 0.161 e. The van der Waals surface area contributed by atoms with Crippen LogP contribution < -0.4 is 9.47 Å². The summed E-state index contributed by atoms with van der Waals surface area (Å²) in [6.07, 6.45) is 4.85. The Kier molecular flexibility index (Phi) is 6.20. The van der Waals surface area contributed by atoms with Crippen LogP contribution in [0.25, 0.3) is 11.8 Å². The van der Waals surface area contributed by atoms with E-state index in [1.165, 1.54) is 29.8 Å². The van der Waals surface area contributed by atoms with Crippen LogP contribution in [0.15, 0.2) is 53.1 Å². The van der Waals surface area contributed by atoms with Crippen molar-refractivity contribution < 1.29 is 18.7 Å². The van der Waals surface area contributed by atoms with Gasteiger partial charge < -0.3 is 9.47 Å². The number of methoxy groups -OCH3 is 1. The molecule has 8 heteroatoms. The molecule has 0 amide bonds. The predicted octanol–water partition coefficient (Wildman–Crippen LogP) is 4.36. The first kappa shape index (κ1) is 19.8. The summed E-state index contributed by atoms with van der Waals surface area (Å²) < 4.78 is 26.8. The molecule has 1 aromatic heterocycles. The number of hydrogen-bond donors (Lipinski definition) is 0. The Hall–Kier alpha value is -3.00. The summed E-state index contributed by atoms with van der Waals surface area (Å²) in [5.41, 5.74) is 1.94. The minimum Gasteiger partial charge on any atom is -0.493 e. The molecule has 3 rings (SSSR count). The number of allylic oxidation sites excluding steroid dienone is 1. The van der Waals surface area contributed by atoms with E-state index in [1.54, 1.807) is 37.6 Å². The zero-order chi connectivity index (χ0) is 20.1. The summed E-state index contributed by atoms with van der Waals surface area (Å²) in [6, 6.07) is 9.81. The molecule has 28 heavy (non-hydrogen) atoms. The number of carbonyl (C=O) groups is 1. The molecule has 0 aliphatic heterocycles. The summed E-state index contributed by atoms with van der Waals surface area (Å²) in [4.78, 5) is 11.1. The van der Waals surface area contributed by atoms with Crippen LogP contribution in [-0.4, -0.2) is 27.9 Å². The topological polar surface area (TPSA) is 66.2 Å². The lowest BCUT2D eigenvalue weighted by molar-refractivity contribution is -0.112. The van der Waals surface area contributed by atoms with Crippen molar-refractivity contribution in [3.05, 3.63) is 70.2 Å². The first-order valence-corrected chi connectivity index (χ1v) is 9.11. The zero-order valence-corrected chi connectivity index (χ0v) is 16.8. The van der Waals surface area contributed by atoms with E-state index < -0.39 is 0 Å². The summed E-state index contributed by atoms with van der Waals surface area (Å²) in [7, 11) is 1.54. The van der Waals surface area contributed by atoms with E-state index in [9.17, 15) is 9.18 Å². The molecule has 3 aromatic rings. The minimum absolute atomic E-state index is 0.0345. The Morgan fingerprint density at radius 2 is 2.07 bits per heavy atom. The quantitative estimate of drug-likeness (QED) is 0.505. The highest BCUT2D eigenvalue weighted by molar-refractivity contribution is 9.10. The van der Waals surface area contributed by atoms with Crippen LogP contribution >= 0.6 is 15.9 Å². The number of carbonyl (C=O) groups excluding carboxylic acids is 1. The summed E-state index contributed by atoms with van der Waals surface area (Å²) in [6.45, 7) is 1.65. The van der Waals surface area contributed by atoms with Gasteiger partial charge in [-0.05, 0) is 48.9 Å². The molecule has 0 atom stereocenters. The van der Waals surface area contributed by atoms with Crippen molar-refractivity contribution in [3.63, 3.8) is 0 Å². The maximum atomic E-state index is 13.6. The normalized spacial score (nSPS) is 11.0. The van der Waals surface area contributed by atoms with E-state index in [0.717, 1.165) is 5.56 Å². The van der Waals surface area contributed by atoms with Crippen molar-refractivity contribution in [1.82, 2.24) is 15.0 Å². The van der Waals surface area contributed by atoms with Crippen molar-refractivity contribution in [2.45, 2.75) is 13.5 Å².